The van der Waals surface area contributed by atoms with Gasteiger partial charge in [-0.05, 0) is 18.6 Å². The first kappa shape index (κ1) is 14.0. The molecule has 1 aromatic heterocycles. The van der Waals surface area contributed by atoms with Crippen molar-refractivity contribution in [2.24, 2.45) is 7.05 Å². The Kier molecular flexibility index (Phi) is 3.69. The van der Waals surface area contributed by atoms with Crippen LogP contribution in [0.2, 0.25) is 0 Å². The van der Waals surface area contributed by atoms with Crippen molar-refractivity contribution in [2.75, 3.05) is 13.1 Å². The van der Waals surface area contributed by atoms with E-state index < -0.39 is 28.9 Å². The molecule has 106 valence electrons. The topological polar surface area (TPSA) is 91.2 Å². The number of hydrogen-bond acceptors (Lipinski definition) is 4. The van der Waals surface area contributed by atoms with Gasteiger partial charge >= 0.3 is 0 Å². The Hall–Kier alpha value is -2.44. The largest absolute Gasteiger partial charge is 0.348 e. The number of aromatic nitrogens is 1. The third-order valence-electron chi connectivity index (χ3n) is 3.60. The molecule has 0 unspecified atom stereocenters. The van der Waals surface area contributed by atoms with Gasteiger partial charge < -0.3 is 4.57 Å². The highest BCUT2D eigenvalue weighted by Crippen LogP contribution is 2.31. The molecule has 0 saturated heterocycles. The van der Waals surface area contributed by atoms with Crippen LogP contribution in [0.3, 0.4) is 0 Å². The fourth-order valence-electron chi connectivity index (χ4n) is 2.67. The van der Waals surface area contributed by atoms with Crippen LogP contribution in [0.25, 0.3) is 10.9 Å². The predicted octanol–water partition coefficient (Wildman–Crippen LogP) is 2.12. The Bertz CT molecular complexity index is 662. The van der Waals surface area contributed by atoms with Gasteiger partial charge in [0.15, 0.2) is 0 Å². The van der Waals surface area contributed by atoms with E-state index in [2.05, 4.69) is 0 Å². The number of rotatable bonds is 5. The van der Waals surface area contributed by atoms with Gasteiger partial charge in [0.2, 0.25) is 13.1 Å². The fourth-order valence-corrected chi connectivity index (χ4v) is 2.67. The van der Waals surface area contributed by atoms with E-state index in [-0.39, 0.29) is 0 Å². The van der Waals surface area contributed by atoms with Crippen molar-refractivity contribution >= 4 is 10.9 Å². The molecular formula is C13H15N3O4. The van der Waals surface area contributed by atoms with Crippen molar-refractivity contribution in [3.63, 3.8) is 0 Å². The van der Waals surface area contributed by atoms with Crippen LogP contribution >= 0.6 is 0 Å². The maximum absolute atomic E-state index is 10.8. The quantitative estimate of drug-likeness (QED) is 0.618. The predicted molar refractivity (Wildman–Crippen MR) is 74.1 cm³/mol. The fraction of sp³-hybridized carbons (Fsp3) is 0.385. The number of nitro groups is 2. The number of fused-ring (bicyclic) bond motifs is 1. The second-order valence-electron chi connectivity index (χ2n) is 4.80. The van der Waals surface area contributed by atoms with E-state index in [1.165, 1.54) is 0 Å². The van der Waals surface area contributed by atoms with Gasteiger partial charge in [0, 0.05) is 33.5 Å². The third-order valence-corrected chi connectivity index (χ3v) is 3.60. The van der Waals surface area contributed by atoms with Crippen molar-refractivity contribution in [2.45, 2.75) is 12.8 Å². The molecule has 2 rings (SSSR count). The lowest BCUT2D eigenvalue weighted by molar-refractivity contribution is -0.516. The van der Waals surface area contributed by atoms with Crippen molar-refractivity contribution in [3.8, 4) is 0 Å². The van der Waals surface area contributed by atoms with E-state index in [1.54, 1.807) is 0 Å². The Morgan fingerprint density at radius 2 is 1.70 bits per heavy atom. The first-order valence-corrected chi connectivity index (χ1v) is 6.19. The smallest absolute Gasteiger partial charge is 0.217 e. The number of aryl methyl sites for hydroxylation is 1. The van der Waals surface area contributed by atoms with Crippen molar-refractivity contribution in [1.29, 1.82) is 0 Å². The van der Waals surface area contributed by atoms with Gasteiger partial charge in [0.05, 0.1) is 0 Å². The molecular weight excluding hydrogens is 262 g/mol. The van der Waals surface area contributed by atoms with Gasteiger partial charge in [0.1, 0.15) is 5.92 Å². The molecule has 7 nitrogen and oxygen atoms in total. The minimum Gasteiger partial charge on any atom is -0.348 e. The lowest BCUT2D eigenvalue weighted by Gasteiger charge is -2.09. The minimum atomic E-state index is -0.717. The Balaban J connectivity index is 2.60. The van der Waals surface area contributed by atoms with Crippen LogP contribution in [0.15, 0.2) is 24.3 Å². The van der Waals surface area contributed by atoms with Crippen LogP contribution in [0.1, 0.15) is 17.2 Å². The molecule has 0 radical (unpaired) electrons. The lowest BCUT2D eigenvalue weighted by atomic mass is 9.96. The summed E-state index contributed by atoms with van der Waals surface area (Å²) in [5.41, 5.74) is 2.47. The summed E-state index contributed by atoms with van der Waals surface area (Å²) in [6, 6.07) is 7.47. The molecule has 0 spiro atoms. The van der Waals surface area contributed by atoms with Crippen LogP contribution in [0.4, 0.5) is 0 Å². The summed E-state index contributed by atoms with van der Waals surface area (Å²) in [6.45, 7) is 0.966. The van der Waals surface area contributed by atoms with E-state index in [0.717, 1.165) is 16.6 Å². The van der Waals surface area contributed by atoms with Crippen LogP contribution in [0.5, 0.6) is 0 Å². The maximum Gasteiger partial charge on any atom is 0.217 e. The van der Waals surface area contributed by atoms with E-state index >= 15 is 0 Å². The molecule has 0 aliphatic rings. The zero-order valence-electron chi connectivity index (χ0n) is 11.3. The van der Waals surface area contributed by atoms with E-state index in [0.29, 0.717) is 5.56 Å². The normalized spacial score (nSPS) is 11.2. The molecule has 0 atom stereocenters. The monoisotopic (exact) mass is 277 g/mol. The highest BCUT2D eigenvalue weighted by molar-refractivity contribution is 5.86. The summed E-state index contributed by atoms with van der Waals surface area (Å²) >= 11 is 0. The SMILES string of the molecule is Cc1c(C(C[N+](=O)[O-])C[N+](=O)[O-])c2ccccc2n1C. The van der Waals surface area contributed by atoms with Gasteiger partial charge in [-0.2, -0.15) is 0 Å². The average molecular weight is 277 g/mol. The van der Waals surface area contributed by atoms with Crippen LogP contribution in [-0.2, 0) is 7.05 Å². The number of nitrogens with zero attached hydrogens (tertiary/aromatic N) is 3. The Morgan fingerprint density at radius 3 is 2.25 bits per heavy atom. The maximum atomic E-state index is 10.8. The van der Waals surface area contributed by atoms with Crippen LogP contribution in [-0.4, -0.2) is 27.5 Å². The molecule has 0 bridgehead atoms. The van der Waals surface area contributed by atoms with E-state index in [1.807, 2.05) is 42.8 Å². The Morgan fingerprint density at radius 1 is 1.15 bits per heavy atom. The molecule has 2 aromatic rings. The van der Waals surface area contributed by atoms with Crippen molar-refractivity contribution in [1.82, 2.24) is 4.57 Å². The van der Waals surface area contributed by atoms with Gasteiger partial charge in [-0.3, -0.25) is 20.2 Å². The molecule has 1 aromatic carbocycles. The summed E-state index contributed by atoms with van der Waals surface area (Å²) in [7, 11) is 1.86. The van der Waals surface area contributed by atoms with Crippen LogP contribution < -0.4 is 0 Å². The summed E-state index contributed by atoms with van der Waals surface area (Å²) in [5.74, 6) is -0.717. The molecule has 20 heavy (non-hydrogen) atoms. The lowest BCUT2D eigenvalue weighted by Crippen LogP contribution is -2.21. The second-order valence-corrected chi connectivity index (χ2v) is 4.80. The molecule has 1 heterocycles. The van der Waals surface area contributed by atoms with Gasteiger partial charge in [0.25, 0.3) is 0 Å². The number of benzene rings is 1. The molecule has 0 N–H and O–H groups in total. The summed E-state index contributed by atoms with van der Waals surface area (Å²) < 4.78 is 1.91. The molecule has 7 heteroatoms. The van der Waals surface area contributed by atoms with Gasteiger partial charge in [-0.15, -0.1) is 0 Å². The van der Waals surface area contributed by atoms with E-state index in [4.69, 9.17) is 0 Å². The second kappa shape index (κ2) is 5.28. The van der Waals surface area contributed by atoms with E-state index in [9.17, 15) is 20.2 Å². The summed E-state index contributed by atoms with van der Waals surface area (Å²) in [4.78, 5) is 20.6. The Labute approximate surface area is 115 Å². The van der Waals surface area contributed by atoms with Crippen molar-refractivity contribution < 1.29 is 9.85 Å². The standard InChI is InChI=1S/C13H15N3O4/c1-9-13(10(7-15(17)18)8-16(19)20)11-5-3-4-6-12(11)14(9)2/h3-6,10H,7-8H2,1-2H3. The first-order chi connectivity index (χ1) is 9.41. The number of hydrogen-bond donors (Lipinski definition) is 0. The van der Waals surface area contributed by atoms with Gasteiger partial charge in [-0.25, -0.2) is 0 Å². The summed E-state index contributed by atoms with van der Waals surface area (Å²) in [5, 5.41) is 22.4. The minimum absolute atomic E-state index is 0.435. The molecule has 0 fully saturated rings. The van der Waals surface area contributed by atoms with Gasteiger partial charge in [-0.1, -0.05) is 18.2 Å². The zero-order chi connectivity index (χ0) is 14.9. The zero-order valence-corrected chi connectivity index (χ0v) is 11.3. The molecule has 0 saturated carbocycles. The molecule has 0 amide bonds. The third kappa shape index (κ3) is 2.47. The number of para-hydroxylation sites is 1. The van der Waals surface area contributed by atoms with Crippen molar-refractivity contribution in [3.05, 3.63) is 55.8 Å². The summed E-state index contributed by atoms with van der Waals surface area (Å²) in [6.07, 6.45) is 0. The highest BCUT2D eigenvalue weighted by Gasteiger charge is 2.29. The average Bonchev–Trinajstić information content (AvgIpc) is 2.61. The van der Waals surface area contributed by atoms with Crippen LogP contribution in [0, 0.1) is 27.2 Å². The highest BCUT2D eigenvalue weighted by atomic mass is 16.6. The molecule has 0 aliphatic heterocycles. The first-order valence-electron chi connectivity index (χ1n) is 6.19. The molecule has 0 aliphatic carbocycles.